The quantitative estimate of drug-likeness (QED) is 0.564. The minimum absolute atomic E-state index is 0.0793. The molecule has 0 unspecified atom stereocenters. The van der Waals surface area contributed by atoms with Crippen molar-refractivity contribution in [3.63, 3.8) is 0 Å². The van der Waals surface area contributed by atoms with E-state index in [1.165, 1.54) is 25.1 Å². The van der Waals surface area contributed by atoms with E-state index in [4.69, 9.17) is 4.42 Å². The number of furan rings is 1. The molecule has 0 bridgehead atoms. The van der Waals surface area contributed by atoms with E-state index in [1.807, 2.05) is 0 Å². The molecule has 0 aliphatic rings. The third-order valence-electron chi connectivity index (χ3n) is 2.92. The van der Waals surface area contributed by atoms with Gasteiger partial charge in [-0.25, -0.2) is 4.79 Å². The van der Waals surface area contributed by atoms with Crippen molar-refractivity contribution < 1.29 is 36.7 Å². The van der Waals surface area contributed by atoms with Gasteiger partial charge >= 0.3 is 12.1 Å². The number of carbonyl (C=O) groups excluding carboxylic acids is 2. The minimum Gasteiger partial charge on any atom is -0.465 e. The average molecular weight is 337 g/mol. The lowest BCUT2D eigenvalue weighted by Gasteiger charge is -2.16. The number of aryl methyl sites for hydroxylation is 1. The van der Waals surface area contributed by atoms with E-state index in [1.54, 1.807) is 6.92 Å². The molecule has 0 N–H and O–H groups in total. The molecule has 0 saturated heterocycles. The maximum absolute atomic E-state index is 11.9. The summed E-state index contributed by atoms with van der Waals surface area (Å²) in [5, 5.41) is 0. The topological polar surface area (TPSA) is 69.0 Å². The summed E-state index contributed by atoms with van der Waals surface area (Å²) < 4.78 is 50.0. The normalized spacial score (nSPS) is 11.4. The Morgan fingerprint density at radius 1 is 1.35 bits per heavy atom. The summed E-state index contributed by atoms with van der Waals surface area (Å²) in [7, 11) is 2.72. The smallest absolute Gasteiger partial charge is 0.411 e. The van der Waals surface area contributed by atoms with Gasteiger partial charge in [0.2, 0.25) is 5.91 Å². The van der Waals surface area contributed by atoms with E-state index in [0.717, 1.165) is 0 Å². The largest absolute Gasteiger partial charge is 0.465 e. The third-order valence-corrected chi connectivity index (χ3v) is 2.92. The number of ether oxygens (including phenoxy) is 2. The summed E-state index contributed by atoms with van der Waals surface area (Å²) in [6.07, 6.45) is -4.60. The van der Waals surface area contributed by atoms with Crippen LogP contribution in [0.25, 0.3) is 0 Å². The Balaban J connectivity index is 2.48. The number of alkyl halides is 3. The van der Waals surface area contributed by atoms with Crippen LogP contribution in [0, 0.1) is 6.92 Å². The van der Waals surface area contributed by atoms with Gasteiger partial charge in [0, 0.05) is 7.05 Å². The van der Waals surface area contributed by atoms with E-state index >= 15 is 0 Å². The molecule has 0 aliphatic carbocycles. The summed E-state index contributed by atoms with van der Waals surface area (Å²) in [4.78, 5) is 24.5. The number of hydrogen-bond acceptors (Lipinski definition) is 5. The highest BCUT2D eigenvalue weighted by molar-refractivity contribution is 5.90. The molecule has 6 nitrogen and oxygen atoms in total. The Morgan fingerprint density at radius 3 is 2.57 bits per heavy atom. The van der Waals surface area contributed by atoms with Crippen LogP contribution in [0.1, 0.15) is 28.3 Å². The second-order valence-electron chi connectivity index (χ2n) is 4.84. The average Bonchev–Trinajstić information content (AvgIpc) is 2.82. The number of rotatable bonds is 7. The van der Waals surface area contributed by atoms with Gasteiger partial charge in [0.05, 0.1) is 26.7 Å². The van der Waals surface area contributed by atoms with Crippen molar-refractivity contribution in [1.29, 1.82) is 0 Å². The Hall–Kier alpha value is -2.03. The van der Waals surface area contributed by atoms with Crippen LogP contribution in [-0.4, -0.2) is 50.3 Å². The molecule has 1 heterocycles. The van der Waals surface area contributed by atoms with Gasteiger partial charge in [-0.15, -0.1) is 0 Å². The van der Waals surface area contributed by atoms with Crippen LogP contribution >= 0.6 is 0 Å². The van der Waals surface area contributed by atoms with E-state index in [9.17, 15) is 22.8 Å². The van der Waals surface area contributed by atoms with Crippen molar-refractivity contribution in [2.45, 2.75) is 26.1 Å². The first-order valence-corrected chi connectivity index (χ1v) is 6.70. The maximum Gasteiger partial charge on any atom is 0.411 e. The lowest BCUT2D eigenvalue weighted by molar-refractivity contribution is -0.175. The lowest BCUT2D eigenvalue weighted by atomic mass is 10.2. The number of methoxy groups -OCH3 is 1. The van der Waals surface area contributed by atoms with E-state index in [-0.39, 0.29) is 25.1 Å². The van der Waals surface area contributed by atoms with Crippen LogP contribution in [0.5, 0.6) is 0 Å². The molecule has 0 fully saturated rings. The van der Waals surface area contributed by atoms with Crippen LogP contribution in [0.15, 0.2) is 10.5 Å². The van der Waals surface area contributed by atoms with Crippen molar-refractivity contribution in [2.75, 3.05) is 27.4 Å². The number of carbonyl (C=O) groups is 2. The minimum atomic E-state index is -4.41. The van der Waals surface area contributed by atoms with Crippen LogP contribution in [-0.2, 0) is 20.8 Å². The van der Waals surface area contributed by atoms with E-state index < -0.39 is 24.7 Å². The van der Waals surface area contributed by atoms with Crippen LogP contribution in [0.3, 0.4) is 0 Å². The van der Waals surface area contributed by atoms with Crippen molar-refractivity contribution in [3.8, 4) is 0 Å². The maximum atomic E-state index is 11.9. The Morgan fingerprint density at radius 2 is 2.00 bits per heavy atom. The molecule has 0 spiro atoms. The molecule has 0 atom stereocenters. The predicted molar refractivity (Wildman–Crippen MR) is 72.7 cm³/mol. The van der Waals surface area contributed by atoms with Gasteiger partial charge in [0.1, 0.15) is 23.7 Å². The fourth-order valence-electron chi connectivity index (χ4n) is 1.79. The first-order valence-electron chi connectivity index (χ1n) is 6.70. The molecule has 23 heavy (non-hydrogen) atoms. The first-order chi connectivity index (χ1) is 10.6. The molecule has 0 saturated carbocycles. The summed E-state index contributed by atoms with van der Waals surface area (Å²) in [6, 6.07) is 1.46. The van der Waals surface area contributed by atoms with Gasteiger partial charge in [0.25, 0.3) is 0 Å². The lowest BCUT2D eigenvalue weighted by Crippen LogP contribution is -2.27. The summed E-state index contributed by atoms with van der Waals surface area (Å²) >= 11 is 0. The van der Waals surface area contributed by atoms with Gasteiger partial charge in [-0.2, -0.15) is 13.2 Å². The zero-order valence-corrected chi connectivity index (χ0v) is 13.0. The Labute approximate surface area is 131 Å². The van der Waals surface area contributed by atoms with Crippen LogP contribution in [0.2, 0.25) is 0 Å². The first kappa shape index (κ1) is 19.0. The van der Waals surface area contributed by atoms with Crippen LogP contribution < -0.4 is 0 Å². The van der Waals surface area contributed by atoms with Crippen molar-refractivity contribution in [2.24, 2.45) is 0 Å². The summed E-state index contributed by atoms with van der Waals surface area (Å²) in [5.41, 5.74) is 0.261. The molecule has 0 aromatic carbocycles. The monoisotopic (exact) mass is 337 g/mol. The van der Waals surface area contributed by atoms with Crippen molar-refractivity contribution in [3.05, 3.63) is 23.2 Å². The highest BCUT2D eigenvalue weighted by Gasteiger charge is 2.27. The van der Waals surface area contributed by atoms with E-state index in [2.05, 4.69) is 9.47 Å². The standard InChI is InChI=1S/C14H18F3NO5/c1-9-11(13(20)21-3)6-10(23-9)7-18(2)12(19)4-5-22-8-14(15,16)17/h6H,4-5,7-8H2,1-3H3. The third kappa shape index (κ3) is 6.31. The fourth-order valence-corrected chi connectivity index (χ4v) is 1.79. The second kappa shape index (κ2) is 8.00. The summed E-state index contributed by atoms with van der Waals surface area (Å²) in [6.45, 7) is -0.0460. The number of amides is 1. The Bertz CT molecular complexity index is 553. The number of halogens is 3. The fraction of sp³-hybridized carbons (Fsp3) is 0.571. The zero-order valence-electron chi connectivity index (χ0n) is 13.0. The number of esters is 1. The molecule has 0 radical (unpaired) electrons. The highest BCUT2D eigenvalue weighted by atomic mass is 19.4. The highest BCUT2D eigenvalue weighted by Crippen LogP contribution is 2.17. The molecular weight excluding hydrogens is 319 g/mol. The molecule has 1 amide bonds. The van der Waals surface area contributed by atoms with Crippen molar-refractivity contribution >= 4 is 11.9 Å². The molecule has 0 aliphatic heterocycles. The number of nitrogens with zero attached hydrogens (tertiary/aromatic N) is 1. The van der Waals surface area contributed by atoms with Crippen molar-refractivity contribution in [1.82, 2.24) is 4.90 Å². The predicted octanol–water partition coefficient (Wildman–Crippen LogP) is 2.30. The van der Waals surface area contributed by atoms with Gasteiger partial charge < -0.3 is 18.8 Å². The molecule has 1 rings (SSSR count). The molecule has 9 heteroatoms. The number of hydrogen-bond donors (Lipinski definition) is 0. The summed E-state index contributed by atoms with van der Waals surface area (Å²) in [5.74, 6) is -0.218. The molecule has 1 aromatic heterocycles. The zero-order chi connectivity index (χ0) is 17.6. The van der Waals surface area contributed by atoms with Gasteiger partial charge in [-0.05, 0) is 13.0 Å². The van der Waals surface area contributed by atoms with Gasteiger partial charge in [-0.1, -0.05) is 0 Å². The SMILES string of the molecule is COC(=O)c1cc(CN(C)C(=O)CCOCC(F)(F)F)oc1C. The molecule has 130 valence electrons. The van der Waals surface area contributed by atoms with E-state index in [0.29, 0.717) is 11.5 Å². The molecule has 1 aromatic rings. The van der Waals surface area contributed by atoms with Gasteiger partial charge in [-0.3, -0.25) is 4.79 Å². The van der Waals surface area contributed by atoms with Crippen LogP contribution in [0.4, 0.5) is 13.2 Å². The second-order valence-corrected chi connectivity index (χ2v) is 4.84. The Kier molecular flexibility index (Phi) is 6.62. The molecular formula is C14H18F3NO5. The van der Waals surface area contributed by atoms with Gasteiger partial charge in [0.15, 0.2) is 0 Å².